The smallest absolute Gasteiger partial charge is 0.129 e. The summed E-state index contributed by atoms with van der Waals surface area (Å²) >= 11 is 0. The van der Waals surface area contributed by atoms with Gasteiger partial charge in [-0.15, -0.1) is 0 Å². The van der Waals surface area contributed by atoms with E-state index in [9.17, 15) is 10.2 Å². The Morgan fingerprint density at radius 2 is 1.88 bits per heavy atom. The summed E-state index contributed by atoms with van der Waals surface area (Å²) in [4.78, 5) is 0. The Bertz CT molecular complexity index is 738. The third kappa shape index (κ3) is 2.51. The third-order valence-electron chi connectivity index (χ3n) is 5.30. The van der Waals surface area contributed by atoms with Crippen LogP contribution in [0, 0.1) is 5.92 Å². The van der Waals surface area contributed by atoms with Crippen LogP contribution in [0.1, 0.15) is 48.0 Å². The molecule has 4 rings (SSSR count). The molecule has 3 atom stereocenters. The number of phenols is 2. The Morgan fingerprint density at radius 3 is 2.62 bits per heavy atom. The van der Waals surface area contributed by atoms with Crippen molar-refractivity contribution in [2.24, 2.45) is 5.92 Å². The lowest BCUT2D eigenvalue weighted by Gasteiger charge is -2.37. The van der Waals surface area contributed by atoms with E-state index in [0.29, 0.717) is 18.4 Å². The van der Waals surface area contributed by atoms with Gasteiger partial charge in [0.1, 0.15) is 23.4 Å². The van der Waals surface area contributed by atoms with Crippen LogP contribution < -0.4 is 4.74 Å². The highest BCUT2D eigenvalue weighted by Gasteiger charge is 2.42. The van der Waals surface area contributed by atoms with Crippen molar-refractivity contribution in [3.05, 3.63) is 53.1 Å². The molecule has 2 aliphatic rings. The third-order valence-corrected chi connectivity index (χ3v) is 5.30. The zero-order chi connectivity index (χ0) is 16.7. The highest BCUT2D eigenvalue weighted by Crippen LogP contribution is 2.55. The van der Waals surface area contributed by atoms with Gasteiger partial charge in [0.25, 0.3) is 0 Å². The molecule has 1 aliphatic carbocycles. The van der Waals surface area contributed by atoms with E-state index in [4.69, 9.17) is 9.47 Å². The summed E-state index contributed by atoms with van der Waals surface area (Å²) in [7, 11) is 1.65. The van der Waals surface area contributed by atoms with E-state index in [1.54, 1.807) is 25.3 Å². The number of benzene rings is 2. The van der Waals surface area contributed by atoms with Gasteiger partial charge >= 0.3 is 0 Å². The fourth-order valence-electron chi connectivity index (χ4n) is 4.31. The van der Waals surface area contributed by atoms with Gasteiger partial charge in [-0.25, -0.2) is 0 Å². The van der Waals surface area contributed by atoms with Crippen molar-refractivity contribution in [1.82, 2.24) is 0 Å². The second kappa shape index (κ2) is 6.02. The van der Waals surface area contributed by atoms with E-state index in [1.165, 1.54) is 6.42 Å². The van der Waals surface area contributed by atoms with E-state index in [2.05, 4.69) is 0 Å². The van der Waals surface area contributed by atoms with Crippen LogP contribution in [-0.4, -0.2) is 17.3 Å². The van der Waals surface area contributed by atoms with Crippen LogP contribution >= 0.6 is 0 Å². The quantitative estimate of drug-likeness (QED) is 0.885. The zero-order valence-corrected chi connectivity index (χ0v) is 13.7. The summed E-state index contributed by atoms with van der Waals surface area (Å²) < 4.78 is 11.7. The van der Waals surface area contributed by atoms with Gasteiger partial charge in [0, 0.05) is 24.2 Å². The Kier molecular flexibility index (Phi) is 3.85. The summed E-state index contributed by atoms with van der Waals surface area (Å²) in [6.07, 6.45) is 3.38. The van der Waals surface area contributed by atoms with Gasteiger partial charge in [-0.2, -0.15) is 0 Å². The molecule has 0 bridgehead atoms. The molecule has 2 N–H and O–H groups in total. The van der Waals surface area contributed by atoms with Crippen molar-refractivity contribution in [3.63, 3.8) is 0 Å². The highest BCUT2D eigenvalue weighted by atomic mass is 16.5. The van der Waals surface area contributed by atoms with E-state index >= 15 is 0 Å². The molecule has 1 saturated carbocycles. The summed E-state index contributed by atoms with van der Waals surface area (Å²) in [5.74, 6) is 2.20. The van der Waals surface area contributed by atoms with E-state index in [0.717, 1.165) is 35.3 Å². The van der Waals surface area contributed by atoms with E-state index in [1.807, 2.05) is 18.2 Å². The van der Waals surface area contributed by atoms with Gasteiger partial charge < -0.3 is 19.7 Å². The van der Waals surface area contributed by atoms with Crippen LogP contribution in [0.3, 0.4) is 0 Å². The first-order valence-electron chi connectivity index (χ1n) is 8.47. The van der Waals surface area contributed by atoms with Crippen molar-refractivity contribution in [2.75, 3.05) is 7.11 Å². The zero-order valence-electron chi connectivity index (χ0n) is 13.7. The lowest BCUT2D eigenvalue weighted by atomic mass is 9.79. The predicted molar refractivity (Wildman–Crippen MR) is 90.4 cm³/mol. The van der Waals surface area contributed by atoms with Gasteiger partial charge in [0.15, 0.2) is 0 Å². The van der Waals surface area contributed by atoms with E-state index in [-0.39, 0.29) is 17.6 Å². The van der Waals surface area contributed by atoms with Crippen molar-refractivity contribution in [1.29, 1.82) is 0 Å². The predicted octanol–water partition coefficient (Wildman–Crippen LogP) is 4.26. The Balaban J connectivity index is 1.80. The van der Waals surface area contributed by atoms with Crippen molar-refractivity contribution in [2.45, 2.75) is 37.9 Å². The maximum Gasteiger partial charge on any atom is 0.129 e. The molecule has 0 radical (unpaired) electrons. The number of aromatic hydroxyl groups is 2. The van der Waals surface area contributed by atoms with Crippen molar-refractivity contribution < 1.29 is 19.7 Å². The molecule has 4 nitrogen and oxygen atoms in total. The molecule has 0 aromatic heterocycles. The topological polar surface area (TPSA) is 58.9 Å². The summed E-state index contributed by atoms with van der Waals surface area (Å²) in [6.45, 7) is 0.413. The number of ether oxygens (including phenoxy) is 2. The monoisotopic (exact) mass is 326 g/mol. The van der Waals surface area contributed by atoms with Gasteiger partial charge in [-0.05, 0) is 48.6 Å². The van der Waals surface area contributed by atoms with Crippen molar-refractivity contribution >= 4 is 0 Å². The second-order valence-electron chi connectivity index (χ2n) is 6.79. The Hall–Kier alpha value is -2.20. The Morgan fingerprint density at radius 1 is 1.08 bits per heavy atom. The maximum atomic E-state index is 10.1. The molecular weight excluding hydrogens is 304 g/mol. The molecule has 1 heterocycles. The van der Waals surface area contributed by atoms with Crippen molar-refractivity contribution in [3.8, 4) is 17.2 Å². The largest absolute Gasteiger partial charge is 0.508 e. The molecule has 0 unspecified atom stereocenters. The molecular formula is C20H22O4. The fourth-order valence-corrected chi connectivity index (χ4v) is 4.31. The highest BCUT2D eigenvalue weighted by molar-refractivity contribution is 5.51. The molecule has 126 valence electrons. The normalized spacial score (nSPS) is 25.0. The second-order valence-corrected chi connectivity index (χ2v) is 6.79. The molecule has 4 heteroatoms. The number of hydrogen-bond acceptors (Lipinski definition) is 4. The maximum absolute atomic E-state index is 10.1. The summed E-state index contributed by atoms with van der Waals surface area (Å²) in [6, 6.07) is 10.9. The molecule has 2 aromatic rings. The standard InChI is InChI=1S/C20H22O4/c1-23-11-13-9-15(22)10-18-16-3-2-4-17(16)19(24-20(13)18)12-5-7-14(21)8-6-12/h5-10,16-17,19,21-22H,2-4,11H2,1H3/t16-,17+,19+/m0/s1. The molecule has 0 saturated heterocycles. The van der Waals surface area contributed by atoms with Crippen LogP contribution in [0.15, 0.2) is 36.4 Å². The number of fused-ring (bicyclic) bond motifs is 3. The van der Waals surface area contributed by atoms with Gasteiger partial charge in [0.05, 0.1) is 6.61 Å². The van der Waals surface area contributed by atoms with Crippen LogP contribution in [0.25, 0.3) is 0 Å². The number of methoxy groups -OCH3 is 1. The minimum absolute atomic E-state index is 0.0225. The summed E-state index contributed by atoms with van der Waals surface area (Å²) in [5, 5.41) is 19.6. The first kappa shape index (κ1) is 15.3. The molecule has 0 spiro atoms. The molecule has 1 fully saturated rings. The van der Waals surface area contributed by atoms with Crippen LogP contribution in [0.5, 0.6) is 17.2 Å². The number of phenolic OH excluding ortho intramolecular Hbond substituents is 2. The number of rotatable bonds is 3. The lowest BCUT2D eigenvalue weighted by Crippen LogP contribution is -2.27. The average molecular weight is 326 g/mol. The van der Waals surface area contributed by atoms with Crippen LogP contribution in [-0.2, 0) is 11.3 Å². The van der Waals surface area contributed by atoms with E-state index < -0.39 is 0 Å². The first-order chi connectivity index (χ1) is 11.7. The van der Waals surface area contributed by atoms with Gasteiger partial charge in [0.2, 0.25) is 0 Å². The molecule has 24 heavy (non-hydrogen) atoms. The van der Waals surface area contributed by atoms with Gasteiger partial charge in [-0.1, -0.05) is 18.6 Å². The molecule has 2 aromatic carbocycles. The average Bonchev–Trinajstić information content (AvgIpc) is 3.05. The molecule has 0 amide bonds. The SMILES string of the molecule is COCc1cc(O)cc2c1O[C@H](c1ccc(O)cc1)[C@@H]1CCC[C@H]21. The van der Waals surface area contributed by atoms with Crippen LogP contribution in [0.2, 0.25) is 0 Å². The minimum Gasteiger partial charge on any atom is -0.508 e. The van der Waals surface area contributed by atoms with Crippen LogP contribution in [0.4, 0.5) is 0 Å². The molecule has 1 aliphatic heterocycles. The Labute approximate surface area is 141 Å². The first-order valence-corrected chi connectivity index (χ1v) is 8.47. The fraction of sp³-hybridized carbons (Fsp3) is 0.400. The lowest BCUT2D eigenvalue weighted by molar-refractivity contribution is 0.0972. The van der Waals surface area contributed by atoms with Gasteiger partial charge in [-0.3, -0.25) is 0 Å². The summed E-state index contributed by atoms with van der Waals surface area (Å²) in [5.41, 5.74) is 3.09. The minimum atomic E-state index is -0.0225. The number of hydrogen-bond donors (Lipinski definition) is 2.